The van der Waals surface area contributed by atoms with Gasteiger partial charge in [0, 0.05) is 16.1 Å². The van der Waals surface area contributed by atoms with Crippen LogP contribution in [-0.2, 0) is 0 Å². The van der Waals surface area contributed by atoms with Crippen LogP contribution >= 0.6 is 11.6 Å². The lowest BCUT2D eigenvalue weighted by molar-refractivity contribution is 0.1000. The molecule has 0 spiro atoms. The Kier molecular flexibility index (Phi) is 4.48. The second-order valence-corrected chi connectivity index (χ2v) is 5.54. The van der Waals surface area contributed by atoms with Gasteiger partial charge in [-0.15, -0.1) is 10.2 Å². The summed E-state index contributed by atoms with van der Waals surface area (Å²) < 4.78 is 11.4. The molecule has 0 aliphatic heterocycles. The number of carbonyl (C=O) groups is 1. The number of halogens is 1. The standard InChI is InChI=1S/C17H14ClN3O3/c1-10(23-14-7-5-11(6-8-14)15(19)22)16-20-21-17(24-16)12-3-2-4-13(18)9-12/h2-10H,1H3,(H2,19,22)/t10-/m0/s1. The molecule has 24 heavy (non-hydrogen) atoms. The molecule has 0 fully saturated rings. The average molecular weight is 344 g/mol. The fourth-order valence-electron chi connectivity index (χ4n) is 2.09. The predicted molar refractivity (Wildman–Crippen MR) is 88.7 cm³/mol. The smallest absolute Gasteiger partial charge is 0.257 e. The molecule has 0 saturated carbocycles. The summed E-state index contributed by atoms with van der Waals surface area (Å²) in [4.78, 5) is 11.1. The summed E-state index contributed by atoms with van der Waals surface area (Å²) in [6.07, 6.45) is -0.454. The highest BCUT2D eigenvalue weighted by molar-refractivity contribution is 6.30. The molecular formula is C17H14ClN3O3. The molecule has 0 bridgehead atoms. The fourth-order valence-corrected chi connectivity index (χ4v) is 2.28. The molecule has 0 unspecified atom stereocenters. The normalized spacial score (nSPS) is 11.9. The summed E-state index contributed by atoms with van der Waals surface area (Å²) in [5.74, 6) is 0.781. The van der Waals surface area contributed by atoms with E-state index in [1.165, 1.54) is 0 Å². The number of hydrogen-bond acceptors (Lipinski definition) is 5. The van der Waals surface area contributed by atoms with Crippen LogP contribution in [0.1, 0.15) is 29.3 Å². The molecule has 1 amide bonds. The molecule has 0 radical (unpaired) electrons. The Bertz CT molecular complexity index is 862. The maximum absolute atomic E-state index is 11.1. The Morgan fingerprint density at radius 3 is 2.62 bits per heavy atom. The zero-order chi connectivity index (χ0) is 17.1. The van der Waals surface area contributed by atoms with Crippen molar-refractivity contribution in [1.82, 2.24) is 10.2 Å². The topological polar surface area (TPSA) is 91.2 Å². The number of amides is 1. The lowest BCUT2D eigenvalue weighted by atomic mass is 10.2. The van der Waals surface area contributed by atoms with E-state index in [0.29, 0.717) is 28.1 Å². The zero-order valence-corrected chi connectivity index (χ0v) is 13.5. The van der Waals surface area contributed by atoms with Gasteiger partial charge in [0.15, 0.2) is 6.10 Å². The molecule has 0 aliphatic rings. The van der Waals surface area contributed by atoms with Gasteiger partial charge in [0.2, 0.25) is 11.8 Å². The Balaban J connectivity index is 1.74. The van der Waals surface area contributed by atoms with Crippen LogP contribution in [0.25, 0.3) is 11.5 Å². The number of ether oxygens (including phenoxy) is 1. The molecule has 122 valence electrons. The molecule has 1 aromatic heterocycles. The van der Waals surface area contributed by atoms with E-state index < -0.39 is 12.0 Å². The van der Waals surface area contributed by atoms with Crippen molar-refractivity contribution in [3.05, 3.63) is 65.0 Å². The molecule has 6 nitrogen and oxygen atoms in total. The van der Waals surface area contributed by atoms with Crippen LogP contribution in [-0.4, -0.2) is 16.1 Å². The highest BCUT2D eigenvalue weighted by Crippen LogP contribution is 2.26. The van der Waals surface area contributed by atoms with Crippen LogP contribution in [0.15, 0.2) is 52.9 Å². The van der Waals surface area contributed by atoms with E-state index >= 15 is 0 Å². The molecule has 1 atom stereocenters. The van der Waals surface area contributed by atoms with E-state index in [9.17, 15) is 4.79 Å². The monoisotopic (exact) mass is 343 g/mol. The number of hydrogen-bond donors (Lipinski definition) is 1. The van der Waals surface area contributed by atoms with Gasteiger partial charge in [0.25, 0.3) is 5.89 Å². The van der Waals surface area contributed by atoms with Crippen LogP contribution in [0, 0.1) is 0 Å². The predicted octanol–water partition coefficient (Wildman–Crippen LogP) is 3.63. The summed E-state index contributed by atoms with van der Waals surface area (Å²) in [5, 5.41) is 8.61. The van der Waals surface area contributed by atoms with E-state index in [4.69, 9.17) is 26.5 Å². The summed E-state index contributed by atoms with van der Waals surface area (Å²) in [5.41, 5.74) is 6.35. The van der Waals surface area contributed by atoms with Gasteiger partial charge in [-0.2, -0.15) is 0 Å². The van der Waals surface area contributed by atoms with E-state index in [0.717, 1.165) is 5.56 Å². The van der Waals surface area contributed by atoms with E-state index in [1.54, 1.807) is 43.3 Å². The number of aromatic nitrogens is 2. The van der Waals surface area contributed by atoms with Crippen LogP contribution in [0.3, 0.4) is 0 Å². The minimum absolute atomic E-state index is 0.337. The van der Waals surface area contributed by atoms with Gasteiger partial charge in [-0.05, 0) is 49.4 Å². The lowest BCUT2D eigenvalue weighted by Crippen LogP contribution is -2.10. The summed E-state index contributed by atoms with van der Waals surface area (Å²) in [6, 6.07) is 13.6. The Labute approximate surface area is 143 Å². The van der Waals surface area contributed by atoms with Crippen molar-refractivity contribution in [3.8, 4) is 17.2 Å². The van der Waals surface area contributed by atoms with Gasteiger partial charge >= 0.3 is 0 Å². The minimum atomic E-state index is -0.488. The van der Waals surface area contributed by atoms with E-state index in [-0.39, 0.29) is 0 Å². The summed E-state index contributed by atoms with van der Waals surface area (Å²) >= 11 is 5.96. The van der Waals surface area contributed by atoms with Crippen molar-refractivity contribution in [3.63, 3.8) is 0 Å². The molecule has 1 heterocycles. The molecule has 0 saturated heterocycles. The van der Waals surface area contributed by atoms with Gasteiger partial charge in [-0.25, -0.2) is 0 Å². The number of carbonyl (C=O) groups excluding carboxylic acids is 1. The highest BCUT2D eigenvalue weighted by atomic mass is 35.5. The maximum atomic E-state index is 11.1. The first-order valence-corrected chi connectivity index (χ1v) is 7.56. The summed E-state index contributed by atoms with van der Waals surface area (Å²) in [6.45, 7) is 1.79. The Morgan fingerprint density at radius 1 is 1.21 bits per heavy atom. The first kappa shape index (κ1) is 16.0. The second kappa shape index (κ2) is 6.72. The number of primary amides is 1. The molecule has 3 rings (SSSR count). The molecule has 2 N–H and O–H groups in total. The lowest BCUT2D eigenvalue weighted by Gasteiger charge is -2.11. The van der Waals surface area contributed by atoms with Gasteiger partial charge in [0.05, 0.1) is 0 Å². The molecular weight excluding hydrogens is 330 g/mol. The van der Waals surface area contributed by atoms with Gasteiger partial charge in [0.1, 0.15) is 5.75 Å². The average Bonchev–Trinajstić information content (AvgIpc) is 3.05. The Morgan fingerprint density at radius 2 is 1.96 bits per heavy atom. The van der Waals surface area contributed by atoms with Crippen molar-refractivity contribution < 1.29 is 13.9 Å². The van der Waals surface area contributed by atoms with Crippen LogP contribution in [0.2, 0.25) is 5.02 Å². The number of nitrogens with two attached hydrogens (primary N) is 1. The minimum Gasteiger partial charge on any atom is -0.481 e. The van der Waals surface area contributed by atoms with E-state index in [2.05, 4.69) is 10.2 Å². The van der Waals surface area contributed by atoms with Crippen molar-refractivity contribution in [2.45, 2.75) is 13.0 Å². The highest BCUT2D eigenvalue weighted by Gasteiger charge is 2.17. The third-order valence-corrected chi connectivity index (χ3v) is 3.55. The van der Waals surface area contributed by atoms with Crippen molar-refractivity contribution in [1.29, 1.82) is 0 Å². The van der Waals surface area contributed by atoms with E-state index in [1.807, 2.05) is 12.1 Å². The summed E-state index contributed by atoms with van der Waals surface area (Å²) in [7, 11) is 0. The molecule has 0 aliphatic carbocycles. The number of rotatable bonds is 5. The van der Waals surface area contributed by atoms with Crippen molar-refractivity contribution in [2.24, 2.45) is 5.73 Å². The van der Waals surface area contributed by atoms with Crippen molar-refractivity contribution >= 4 is 17.5 Å². The first-order chi connectivity index (χ1) is 11.5. The van der Waals surface area contributed by atoms with Gasteiger partial charge < -0.3 is 14.9 Å². The van der Waals surface area contributed by atoms with Crippen LogP contribution in [0.4, 0.5) is 0 Å². The number of benzene rings is 2. The van der Waals surface area contributed by atoms with Crippen molar-refractivity contribution in [2.75, 3.05) is 0 Å². The SMILES string of the molecule is C[C@H](Oc1ccc(C(N)=O)cc1)c1nnc(-c2cccc(Cl)c2)o1. The fraction of sp³-hybridized carbons (Fsp3) is 0.118. The van der Waals surface area contributed by atoms with Gasteiger partial charge in [-0.1, -0.05) is 17.7 Å². The maximum Gasteiger partial charge on any atom is 0.257 e. The largest absolute Gasteiger partial charge is 0.481 e. The first-order valence-electron chi connectivity index (χ1n) is 7.19. The second-order valence-electron chi connectivity index (χ2n) is 5.10. The molecule has 7 heteroatoms. The molecule has 2 aromatic carbocycles. The Hall–Kier alpha value is -2.86. The zero-order valence-electron chi connectivity index (χ0n) is 12.8. The quantitative estimate of drug-likeness (QED) is 0.763. The van der Waals surface area contributed by atoms with Gasteiger partial charge in [-0.3, -0.25) is 4.79 Å². The molecule has 3 aromatic rings. The van der Waals surface area contributed by atoms with Crippen LogP contribution < -0.4 is 10.5 Å². The number of nitrogens with zero attached hydrogens (tertiary/aromatic N) is 2. The third-order valence-electron chi connectivity index (χ3n) is 3.31. The van der Waals surface area contributed by atoms with Crippen LogP contribution in [0.5, 0.6) is 5.75 Å². The third kappa shape index (κ3) is 3.55.